The molecule has 1 fully saturated rings. The molecule has 0 aliphatic carbocycles. The van der Waals surface area contributed by atoms with Crippen LogP contribution in [-0.4, -0.2) is 23.8 Å². The molecular formula is C20H22N2O2. The van der Waals surface area contributed by atoms with Crippen molar-refractivity contribution in [1.82, 2.24) is 10.2 Å². The number of nitrogens with zero attached hydrogens (tertiary/aromatic N) is 1. The lowest BCUT2D eigenvalue weighted by atomic mass is 9.92. The summed E-state index contributed by atoms with van der Waals surface area (Å²) in [5.74, 6) is -0.406. The third-order valence-corrected chi connectivity index (χ3v) is 4.65. The van der Waals surface area contributed by atoms with E-state index in [1.54, 1.807) is 11.9 Å². The minimum Gasteiger partial charge on any atom is -0.352 e. The molecule has 24 heavy (non-hydrogen) atoms. The molecule has 2 atom stereocenters. The van der Waals surface area contributed by atoms with Crippen LogP contribution in [0.4, 0.5) is 0 Å². The molecule has 0 spiro atoms. The zero-order valence-electron chi connectivity index (χ0n) is 14.0. The van der Waals surface area contributed by atoms with Gasteiger partial charge in [-0.25, -0.2) is 0 Å². The number of benzene rings is 2. The van der Waals surface area contributed by atoms with E-state index in [-0.39, 0.29) is 30.2 Å². The van der Waals surface area contributed by atoms with E-state index in [0.29, 0.717) is 6.54 Å². The van der Waals surface area contributed by atoms with E-state index in [2.05, 4.69) is 5.32 Å². The van der Waals surface area contributed by atoms with Crippen molar-refractivity contribution in [2.24, 2.45) is 5.92 Å². The number of amides is 2. The molecule has 1 N–H and O–H groups in total. The summed E-state index contributed by atoms with van der Waals surface area (Å²) in [6.07, 6.45) is 0.260. The Hall–Kier alpha value is -2.62. The second-order valence-corrected chi connectivity index (χ2v) is 6.37. The normalized spacial score (nSPS) is 20.2. The highest BCUT2D eigenvalue weighted by molar-refractivity contribution is 5.90. The first-order valence-electron chi connectivity index (χ1n) is 8.20. The predicted molar refractivity (Wildman–Crippen MR) is 93.1 cm³/mol. The first-order chi connectivity index (χ1) is 11.6. The Bertz CT molecular complexity index is 725. The molecule has 0 aromatic heterocycles. The highest BCUT2D eigenvalue weighted by Crippen LogP contribution is 2.37. The Labute approximate surface area is 142 Å². The van der Waals surface area contributed by atoms with Gasteiger partial charge in [0.2, 0.25) is 11.8 Å². The predicted octanol–water partition coefficient (Wildman–Crippen LogP) is 2.83. The second-order valence-electron chi connectivity index (χ2n) is 6.37. The fourth-order valence-electron chi connectivity index (χ4n) is 3.24. The number of aryl methyl sites for hydroxylation is 1. The van der Waals surface area contributed by atoms with Crippen LogP contribution >= 0.6 is 0 Å². The van der Waals surface area contributed by atoms with Gasteiger partial charge in [-0.15, -0.1) is 0 Å². The Morgan fingerprint density at radius 1 is 1.12 bits per heavy atom. The summed E-state index contributed by atoms with van der Waals surface area (Å²) in [4.78, 5) is 26.5. The van der Waals surface area contributed by atoms with Crippen molar-refractivity contribution in [1.29, 1.82) is 0 Å². The molecule has 4 heteroatoms. The third-order valence-electron chi connectivity index (χ3n) is 4.65. The van der Waals surface area contributed by atoms with Gasteiger partial charge in [-0.1, -0.05) is 60.2 Å². The van der Waals surface area contributed by atoms with E-state index >= 15 is 0 Å². The molecule has 3 rings (SSSR count). The maximum Gasteiger partial charge on any atom is 0.226 e. The van der Waals surface area contributed by atoms with Gasteiger partial charge in [0.15, 0.2) is 0 Å². The Balaban J connectivity index is 1.75. The standard InChI is InChI=1S/C20H22N2O2/c1-14-8-10-16(11-9-14)19-17(12-18(23)22(19)2)20(24)21-13-15-6-4-3-5-7-15/h3-11,17,19H,12-13H2,1-2H3,(H,21,24)/t17-,19-/m0/s1. The van der Waals surface area contributed by atoms with E-state index in [1.165, 1.54) is 0 Å². The Morgan fingerprint density at radius 2 is 1.79 bits per heavy atom. The SMILES string of the molecule is Cc1ccc([C@H]2[C@@H](C(=O)NCc3ccccc3)CC(=O)N2C)cc1. The zero-order chi connectivity index (χ0) is 17.1. The number of carbonyl (C=O) groups is 2. The molecule has 1 saturated heterocycles. The van der Waals surface area contributed by atoms with Gasteiger partial charge in [0, 0.05) is 20.0 Å². The van der Waals surface area contributed by atoms with Crippen LogP contribution in [0.2, 0.25) is 0 Å². The van der Waals surface area contributed by atoms with Crippen LogP contribution in [0.15, 0.2) is 54.6 Å². The lowest BCUT2D eigenvalue weighted by Gasteiger charge is -2.25. The van der Waals surface area contributed by atoms with Crippen LogP contribution in [-0.2, 0) is 16.1 Å². The van der Waals surface area contributed by atoms with Gasteiger partial charge in [0.05, 0.1) is 12.0 Å². The lowest BCUT2D eigenvalue weighted by Crippen LogP contribution is -2.34. The molecule has 2 aromatic carbocycles. The fourth-order valence-corrected chi connectivity index (χ4v) is 3.24. The maximum atomic E-state index is 12.7. The zero-order valence-corrected chi connectivity index (χ0v) is 14.0. The smallest absolute Gasteiger partial charge is 0.226 e. The van der Waals surface area contributed by atoms with Crippen molar-refractivity contribution in [3.63, 3.8) is 0 Å². The molecule has 0 radical (unpaired) electrons. The van der Waals surface area contributed by atoms with Crippen LogP contribution in [0, 0.1) is 12.8 Å². The first kappa shape index (κ1) is 16.2. The van der Waals surface area contributed by atoms with E-state index in [9.17, 15) is 9.59 Å². The van der Waals surface area contributed by atoms with Crippen LogP contribution in [0.1, 0.15) is 29.2 Å². The maximum absolute atomic E-state index is 12.7. The fraction of sp³-hybridized carbons (Fsp3) is 0.300. The average Bonchev–Trinajstić information content (AvgIpc) is 2.90. The van der Waals surface area contributed by atoms with Crippen LogP contribution < -0.4 is 5.32 Å². The minimum atomic E-state index is -0.353. The van der Waals surface area contributed by atoms with Crippen LogP contribution in [0.3, 0.4) is 0 Å². The molecule has 2 amide bonds. The molecule has 1 aliphatic heterocycles. The molecule has 4 nitrogen and oxygen atoms in total. The van der Waals surface area contributed by atoms with Crippen molar-refractivity contribution < 1.29 is 9.59 Å². The van der Waals surface area contributed by atoms with Gasteiger partial charge in [-0.3, -0.25) is 9.59 Å². The molecular weight excluding hydrogens is 300 g/mol. The molecule has 0 unspecified atom stereocenters. The summed E-state index contributed by atoms with van der Waals surface area (Å²) in [6, 6.07) is 17.6. The van der Waals surface area contributed by atoms with Gasteiger partial charge < -0.3 is 10.2 Å². The minimum absolute atomic E-state index is 0.0143. The second kappa shape index (κ2) is 6.87. The topological polar surface area (TPSA) is 49.4 Å². The van der Waals surface area contributed by atoms with Gasteiger partial charge >= 0.3 is 0 Å². The largest absolute Gasteiger partial charge is 0.352 e. The number of hydrogen-bond donors (Lipinski definition) is 1. The van der Waals surface area contributed by atoms with E-state index < -0.39 is 0 Å². The van der Waals surface area contributed by atoms with E-state index in [4.69, 9.17) is 0 Å². The summed E-state index contributed by atoms with van der Waals surface area (Å²) < 4.78 is 0. The monoisotopic (exact) mass is 322 g/mol. The summed E-state index contributed by atoms with van der Waals surface area (Å²) in [6.45, 7) is 2.51. The highest BCUT2D eigenvalue weighted by Gasteiger charge is 2.42. The van der Waals surface area contributed by atoms with Gasteiger partial charge in [0.1, 0.15) is 0 Å². The molecule has 2 aromatic rings. The third kappa shape index (κ3) is 3.32. The van der Waals surface area contributed by atoms with Crippen molar-refractivity contribution >= 4 is 11.8 Å². The average molecular weight is 322 g/mol. The Kier molecular flexibility index (Phi) is 4.65. The molecule has 0 bridgehead atoms. The van der Waals surface area contributed by atoms with E-state index in [0.717, 1.165) is 16.7 Å². The molecule has 124 valence electrons. The van der Waals surface area contributed by atoms with Crippen molar-refractivity contribution in [2.45, 2.75) is 25.9 Å². The quantitative estimate of drug-likeness (QED) is 0.941. The molecule has 1 aliphatic rings. The van der Waals surface area contributed by atoms with Crippen LogP contribution in [0.25, 0.3) is 0 Å². The summed E-state index contributed by atoms with van der Waals surface area (Å²) in [5, 5.41) is 2.98. The summed E-state index contributed by atoms with van der Waals surface area (Å²) in [7, 11) is 1.78. The number of nitrogens with one attached hydrogen (secondary N) is 1. The van der Waals surface area contributed by atoms with Crippen LogP contribution in [0.5, 0.6) is 0 Å². The lowest BCUT2D eigenvalue weighted by molar-refractivity contribution is -0.128. The number of rotatable bonds is 4. The van der Waals surface area contributed by atoms with Crippen molar-refractivity contribution in [3.8, 4) is 0 Å². The van der Waals surface area contributed by atoms with E-state index in [1.807, 2.05) is 61.5 Å². The Morgan fingerprint density at radius 3 is 2.46 bits per heavy atom. The molecule has 0 saturated carbocycles. The number of hydrogen-bond acceptors (Lipinski definition) is 2. The van der Waals surface area contributed by atoms with Crippen molar-refractivity contribution in [2.75, 3.05) is 7.05 Å². The molecule has 1 heterocycles. The highest BCUT2D eigenvalue weighted by atomic mass is 16.2. The summed E-state index contributed by atoms with van der Waals surface area (Å²) in [5.41, 5.74) is 3.22. The van der Waals surface area contributed by atoms with Gasteiger partial charge in [-0.2, -0.15) is 0 Å². The number of carbonyl (C=O) groups excluding carboxylic acids is 2. The summed E-state index contributed by atoms with van der Waals surface area (Å²) >= 11 is 0. The van der Waals surface area contributed by atoms with Crippen molar-refractivity contribution in [3.05, 3.63) is 71.3 Å². The van der Waals surface area contributed by atoms with Gasteiger partial charge in [-0.05, 0) is 18.1 Å². The number of likely N-dealkylation sites (tertiary alicyclic amines) is 1. The van der Waals surface area contributed by atoms with Gasteiger partial charge in [0.25, 0.3) is 0 Å². The first-order valence-corrected chi connectivity index (χ1v) is 8.20.